The van der Waals surface area contributed by atoms with E-state index < -0.39 is 6.23 Å². The van der Waals surface area contributed by atoms with Gasteiger partial charge in [-0.05, 0) is 12.5 Å². The van der Waals surface area contributed by atoms with E-state index in [0.717, 1.165) is 0 Å². The number of azide groups is 1. The monoisotopic (exact) mass is 263 g/mol. The molecule has 0 fully saturated rings. The van der Waals surface area contributed by atoms with Crippen LogP contribution in [0.5, 0.6) is 0 Å². The molecular formula is C10H21N3O5. The van der Waals surface area contributed by atoms with Crippen molar-refractivity contribution in [1.29, 1.82) is 0 Å². The van der Waals surface area contributed by atoms with Gasteiger partial charge in [-0.25, -0.2) is 0 Å². The molecule has 0 radical (unpaired) electrons. The van der Waals surface area contributed by atoms with Crippen LogP contribution in [0.25, 0.3) is 10.4 Å². The van der Waals surface area contributed by atoms with Crippen molar-refractivity contribution >= 4 is 0 Å². The second-order valence-corrected chi connectivity index (χ2v) is 3.13. The maximum Gasteiger partial charge on any atom is 0.159 e. The van der Waals surface area contributed by atoms with E-state index >= 15 is 0 Å². The summed E-state index contributed by atoms with van der Waals surface area (Å²) in [6, 6.07) is 0. The molecule has 0 spiro atoms. The van der Waals surface area contributed by atoms with Crippen molar-refractivity contribution in [3.63, 3.8) is 0 Å². The van der Waals surface area contributed by atoms with Crippen LogP contribution < -0.4 is 0 Å². The molecule has 0 aromatic rings. The molecule has 0 aliphatic carbocycles. The zero-order valence-electron chi connectivity index (χ0n) is 10.7. The van der Waals surface area contributed by atoms with E-state index in [0.29, 0.717) is 39.6 Å². The third-order valence-corrected chi connectivity index (χ3v) is 1.82. The highest BCUT2D eigenvalue weighted by atomic mass is 16.6. The van der Waals surface area contributed by atoms with Gasteiger partial charge in [-0.15, -0.1) is 0 Å². The van der Waals surface area contributed by atoms with E-state index in [1.54, 1.807) is 0 Å². The topological polar surface area (TPSA) is 106 Å². The number of rotatable bonds is 13. The average molecular weight is 263 g/mol. The summed E-state index contributed by atoms with van der Waals surface area (Å²) in [4.78, 5) is 2.54. The molecule has 1 atom stereocenters. The summed E-state index contributed by atoms with van der Waals surface area (Å²) in [5.74, 6) is 0. The Morgan fingerprint density at radius 1 is 1.06 bits per heavy atom. The van der Waals surface area contributed by atoms with Crippen molar-refractivity contribution in [3.8, 4) is 0 Å². The van der Waals surface area contributed by atoms with Gasteiger partial charge in [0.2, 0.25) is 0 Å². The Bertz CT molecular complexity index is 224. The van der Waals surface area contributed by atoms with Crippen molar-refractivity contribution in [2.45, 2.75) is 13.2 Å². The van der Waals surface area contributed by atoms with Gasteiger partial charge in [-0.2, -0.15) is 0 Å². The van der Waals surface area contributed by atoms with Crippen LogP contribution in [0.1, 0.15) is 6.92 Å². The second-order valence-electron chi connectivity index (χ2n) is 3.13. The fourth-order valence-electron chi connectivity index (χ4n) is 1.01. The van der Waals surface area contributed by atoms with Crippen LogP contribution in [-0.2, 0) is 18.9 Å². The molecule has 18 heavy (non-hydrogen) atoms. The quantitative estimate of drug-likeness (QED) is 0.228. The van der Waals surface area contributed by atoms with Crippen molar-refractivity contribution in [2.24, 2.45) is 5.11 Å². The molecule has 8 heteroatoms. The van der Waals surface area contributed by atoms with Gasteiger partial charge in [-0.1, -0.05) is 5.11 Å². The van der Waals surface area contributed by atoms with Gasteiger partial charge in [0, 0.05) is 11.5 Å². The third kappa shape index (κ3) is 11.6. The van der Waals surface area contributed by atoms with Gasteiger partial charge in [-0.3, -0.25) is 0 Å². The molecule has 0 heterocycles. The summed E-state index contributed by atoms with van der Waals surface area (Å²) in [6.45, 7) is 4.97. The Kier molecular flexibility index (Phi) is 13.5. The minimum absolute atomic E-state index is 0.253. The van der Waals surface area contributed by atoms with E-state index in [-0.39, 0.29) is 13.2 Å². The zero-order chi connectivity index (χ0) is 13.5. The molecule has 0 saturated heterocycles. The number of aliphatic hydroxyl groups is 1. The van der Waals surface area contributed by atoms with Crippen LogP contribution in [0, 0.1) is 0 Å². The van der Waals surface area contributed by atoms with Crippen LogP contribution >= 0.6 is 0 Å². The molecule has 8 nitrogen and oxygen atoms in total. The number of hydrogen-bond donors (Lipinski definition) is 1. The fourth-order valence-corrected chi connectivity index (χ4v) is 1.01. The Hall–Kier alpha value is -0.890. The van der Waals surface area contributed by atoms with E-state index in [2.05, 4.69) is 10.0 Å². The van der Waals surface area contributed by atoms with Crippen LogP contribution in [0.4, 0.5) is 0 Å². The van der Waals surface area contributed by atoms with Crippen molar-refractivity contribution in [1.82, 2.24) is 0 Å². The lowest BCUT2D eigenvalue weighted by Crippen LogP contribution is -2.18. The summed E-state index contributed by atoms with van der Waals surface area (Å²) >= 11 is 0. The highest BCUT2D eigenvalue weighted by Crippen LogP contribution is 1.93. The number of aliphatic hydroxyl groups excluding tert-OH is 1. The first kappa shape index (κ1) is 17.1. The van der Waals surface area contributed by atoms with Gasteiger partial charge in [0.15, 0.2) is 6.23 Å². The highest BCUT2D eigenvalue weighted by molar-refractivity contribution is 4.52. The molecule has 1 N–H and O–H groups in total. The Morgan fingerprint density at radius 3 is 2.11 bits per heavy atom. The van der Waals surface area contributed by atoms with E-state index in [9.17, 15) is 0 Å². The summed E-state index contributed by atoms with van der Waals surface area (Å²) in [5, 5.41) is 12.0. The van der Waals surface area contributed by atoms with E-state index in [1.807, 2.05) is 6.92 Å². The standard InChI is InChI=1S/C10H21N3O5/c1-2-15-3-4-16-5-6-17-7-8-18-10(9-14)12-13-11/h10,14H,2-9H2,1H3. The first-order valence-electron chi connectivity index (χ1n) is 5.85. The van der Waals surface area contributed by atoms with Crippen LogP contribution in [0.3, 0.4) is 0 Å². The first-order valence-corrected chi connectivity index (χ1v) is 5.85. The maximum absolute atomic E-state index is 8.74. The van der Waals surface area contributed by atoms with E-state index in [1.165, 1.54) is 0 Å². The summed E-state index contributed by atoms with van der Waals surface area (Å²) in [7, 11) is 0. The Balaban J connectivity index is 3.17. The second kappa shape index (κ2) is 14.2. The zero-order valence-corrected chi connectivity index (χ0v) is 10.7. The lowest BCUT2D eigenvalue weighted by atomic mass is 10.6. The van der Waals surface area contributed by atoms with Gasteiger partial charge >= 0.3 is 0 Å². The number of hydrogen-bond acceptors (Lipinski definition) is 6. The molecule has 0 rings (SSSR count). The fraction of sp³-hybridized carbons (Fsp3) is 1.00. The molecule has 0 saturated carbocycles. The van der Waals surface area contributed by atoms with Crippen molar-refractivity contribution in [2.75, 3.05) is 52.9 Å². The van der Waals surface area contributed by atoms with Gasteiger partial charge in [0.1, 0.15) is 0 Å². The van der Waals surface area contributed by atoms with Crippen LogP contribution in [0.2, 0.25) is 0 Å². The van der Waals surface area contributed by atoms with Crippen LogP contribution in [0.15, 0.2) is 5.11 Å². The first-order chi connectivity index (χ1) is 8.85. The predicted octanol–water partition coefficient (Wildman–Crippen LogP) is 0.701. The smallest absolute Gasteiger partial charge is 0.159 e. The van der Waals surface area contributed by atoms with Crippen LogP contribution in [-0.4, -0.2) is 64.2 Å². The lowest BCUT2D eigenvalue weighted by Gasteiger charge is -2.10. The summed E-state index contributed by atoms with van der Waals surface area (Å²) in [5.41, 5.74) is 8.14. The maximum atomic E-state index is 8.74. The Morgan fingerprint density at radius 2 is 1.61 bits per heavy atom. The SMILES string of the molecule is CCOCCOCCOCCOC(CO)N=[N+]=[N-]. The molecule has 0 aromatic carbocycles. The molecule has 0 aliphatic heterocycles. The normalized spacial score (nSPS) is 12.1. The van der Waals surface area contributed by atoms with Gasteiger partial charge < -0.3 is 24.1 Å². The van der Waals surface area contributed by atoms with Crippen molar-refractivity contribution in [3.05, 3.63) is 10.4 Å². The molecule has 1 unspecified atom stereocenters. The third-order valence-electron chi connectivity index (χ3n) is 1.82. The molecule has 0 bridgehead atoms. The molecule has 0 aliphatic rings. The summed E-state index contributed by atoms with van der Waals surface area (Å²) in [6.07, 6.45) is -0.846. The largest absolute Gasteiger partial charge is 0.394 e. The minimum Gasteiger partial charge on any atom is -0.394 e. The average Bonchev–Trinajstić information content (AvgIpc) is 2.39. The Labute approximate surface area is 106 Å². The molecular weight excluding hydrogens is 242 g/mol. The molecule has 0 amide bonds. The number of ether oxygens (including phenoxy) is 4. The summed E-state index contributed by atoms with van der Waals surface area (Å²) < 4.78 is 20.6. The van der Waals surface area contributed by atoms with E-state index in [4.69, 9.17) is 29.6 Å². The minimum atomic E-state index is -0.846. The lowest BCUT2D eigenvalue weighted by molar-refractivity contribution is -0.0297. The molecule has 106 valence electrons. The number of nitrogens with zero attached hydrogens (tertiary/aromatic N) is 3. The van der Waals surface area contributed by atoms with Gasteiger partial charge in [0.05, 0.1) is 46.2 Å². The highest BCUT2D eigenvalue weighted by Gasteiger charge is 2.03. The van der Waals surface area contributed by atoms with Gasteiger partial charge in [0.25, 0.3) is 0 Å². The van der Waals surface area contributed by atoms with Crippen molar-refractivity contribution < 1.29 is 24.1 Å². The predicted molar refractivity (Wildman–Crippen MR) is 64.1 cm³/mol. The molecule has 0 aromatic heterocycles.